The number of aliphatic carboxylic acids is 1. The van der Waals surface area contributed by atoms with Gasteiger partial charge in [-0.3, -0.25) is 19.2 Å². The molecule has 0 aliphatic rings. The number of carboxylic acid groups (broad SMARTS) is 1. The van der Waals surface area contributed by atoms with Crippen molar-refractivity contribution in [3.05, 3.63) is 125 Å². The summed E-state index contributed by atoms with van der Waals surface area (Å²) >= 11 is 0. The lowest BCUT2D eigenvalue weighted by atomic mass is 9.84. The minimum atomic E-state index is -1.12. The highest BCUT2D eigenvalue weighted by molar-refractivity contribution is 6.03. The second-order valence-electron chi connectivity index (χ2n) is 12.0. The molecule has 3 amide bonds. The summed E-state index contributed by atoms with van der Waals surface area (Å²) in [5.74, 6) is -1.94. The minimum Gasteiger partial charge on any atom is -0.497 e. The Kier molecular flexibility index (Phi) is 11.5. The number of carbonyl (C=O) groups excluding carboxylic acids is 3. The highest BCUT2D eigenvalue weighted by Crippen LogP contribution is 2.24. The fraction of sp³-hybridized carbons (Fsp3) is 0.237. The van der Waals surface area contributed by atoms with Gasteiger partial charge < -0.3 is 31.2 Å². The van der Waals surface area contributed by atoms with E-state index in [0.29, 0.717) is 16.9 Å². The smallest absolute Gasteiger partial charge is 0.313 e. The molecule has 4 aromatic rings. The first-order valence-electron chi connectivity index (χ1n) is 15.4. The molecule has 0 heterocycles. The Hall–Kier alpha value is -5.77. The predicted molar refractivity (Wildman–Crippen MR) is 185 cm³/mol. The van der Waals surface area contributed by atoms with Gasteiger partial charge in [0.25, 0.3) is 5.91 Å². The average Bonchev–Trinajstić information content (AvgIpc) is 3.09. The average molecular weight is 649 g/mol. The van der Waals surface area contributed by atoms with Crippen molar-refractivity contribution >= 4 is 40.7 Å². The molecule has 0 bridgehead atoms. The third kappa shape index (κ3) is 8.94. The molecule has 1 atom stereocenters. The van der Waals surface area contributed by atoms with E-state index < -0.39 is 35.1 Å². The van der Waals surface area contributed by atoms with Crippen LogP contribution in [0.15, 0.2) is 102 Å². The van der Waals surface area contributed by atoms with Crippen molar-refractivity contribution in [2.75, 3.05) is 7.11 Å². The van der Waals surface area contributed by atoms with Crippen molar-refractivity contribution in [1.82, 2.24) is 16.0 Å². The Balaban J connectivity index is 1.55. The molecule has 0 fully saturated rings. The Morgan fingerprint density at radius 3 is 2.12 bits per heavy atom. The zero-order valence-electron chi connectivity index (χ0n) is 27.4. The molecular weight excluding hydrogens is 608 g/mol. The summed E-state index contributed by atoms with van der Waals surface area (Å²) in [6, 6.07) is 26.4. The van der Waals surface area contributed by atoms with E-state index in [4.69, 9.17) is 10.1 Å². The standard InChI is InChI=1S/C38H40N4O6/c1-24(22-39)34(36(45)40-23-26-12-17-31(48-4)18-13-26)42-35(44)32(20-25-10-15-30(16-11-25)38(2,3)37(46)47)41-33(43)21-27-9-14-28-7-5-6-8-29(28)19-27/h5-19,22,32,39H,20-21,23H2,1-4H3,(H,40,45)(H,41,43)(H,42,44)(H,46,47)/b34-24+,39-22?/t32-/m1/s1. The van der Waals surface area contributed by atoms with E-state index in [2.05, 4.69) is 16.0 Å². The van der Waals surface area contributed by atoms with Gasteiger partial charge in [-0.2, -0.15) is 0 Å². The molecule has 0 radical (unpaired) electrons. The number of fused-ring (bicyclic) bond motifs is 1. The van der Waals surface area contributed by atoms with Crippen LogP contribution in [0.4, 0.5) is 0 Å². The zero-order chi connectivity index (χ0) is 34.8. The summed E-state index contributed by atoms with van der Waals surface area (Å²) < 4.78 is 5.17. The topological polar surface area (TPSA) is 158 Å². The third-order valence-electron chi connectivity index (χ3n) is 8.18. The molecule has 4 rings (SSSR count). The number of benzene rings is 4. The Morgan fingerprint density at radius 1 is 0.875 bits per heavy atom. The van der Waals surface area contributed by atoms with Crippen LogP contribution < -0.4 is 20.7 Å². The van der Waals surface area contributed by atoms with Crippen molar-refractivity contribution in [2.45, 2.75) is 51.6 Å². The number of carboxylic acids is 1. The molecule has 248 valence electrons. The van der Waals surface area contributed by atoms with Gasteiger partial charge in [-0.05, 0) is 71.5 Å². The second-order valence-corrected chi connectivity index (χ2v) is 12.0. The molecule has 0 aromatic heterocycles. The molecule has 0 saturated heterocycles. The molecule has 4 aromatic carbocycles. The lowest BCUT2D eigenvalue weighted by Crippen LogP contribution is -2.50. The molecule has 10 heteroatoms. The summed E-state index contributed by atoms with van der Waals surface area (Å²) in [4.78, 5) is 52.2. The third-order valence-corrected chi connectivity index (χ3v) is 8.18. The van der Waals surface area contributed by atoms with Crippen LogP contribution in [-0.2, 0) is 44.0 Å². The molecule has 10 nitrogen and oxygen atoms in total. The Labute approximate surface area is 279 Å². The van der Waals surface area contributed by atoms with Crippen molar-refractivity contribution in [2.24, 2.45) is 0 Å². The minimum absolute atomic E-state index is 0.0188. The fourth-order valence-electron chi connectivity index (χ4n) is 5.04. The van der Waals surface area contributed by atoms with Crippen molar-refractivity contribution in [3.63, 3.8) is 0 Å². The number of methoxy groups -OCH3 is 1. The lowest BCUT2D eigenvalue weighted by molar-refractivity contribution is -0.142. The molecule has 5 N–H and O–H groups in total. The van der Waals surface area contributed by atoms with Gasteiger partial charge in [0.2, 0.25) is 11.8 Å². The lowest BCUT2D eigenvalue weighted by Gasteiger charge is -2.22. The molecule has 0 unspecified atom stereocenters. The normalized spacial score (nSPS) is 12.3. The Bertz CT molecular complexity index is 1850. The van der Waals surface area contributed by atoms with E-state index in [0.717, 1.165) is 28.1 Å². The van der Waals surface area contributed by atoms with Gasteiger partial charge in [-0.25, -0.2) is 0 Å². The SMILES string of the molecule is COc1ccc(CNC(=O)/C(NC(=O)[C@@H](Cc2ccc(C(C)(C)C(=O)O)cc2)NC(=O)Cc2ccc3ccccc3c2)=C(/C)C=N)cc1. The second kappa shape index (κ2) is 15.7. The summed E-state index contributed by atoms with van der Waals surface area (Å²) in [6.45, 7) is 4.91. The van der Waals surface area contributed by atoms with Crippen LogP contribution in [0.3, 0.4) is 0 Å². The van der Waals surface area contributed by atoms with Crippen LogP contribution in [0.1, 0.15) is 43.0 Å². The van der Waals surface area contributed by atoms with Crippen molar-refractivity contribution < 1.29 is 29.0 Å². The molecule has 0 aliphatic carbocycles. The van der Waals surface area contributed by atoms with Crippen LogP contribution in [0.25, 0.3) is 10.8 Å². The Morgan fingerprint density at radius 2 is 1.50 bits per heavy atom. The largest absolute Gasteiger partial charge is 0.497 e. The summed E-state index contributed by atoms with van der Waals surface area (Å²) in [7, 11) is 1.56. The molecule has 0 spiro atoms. The highest BCUT2D eigenvalue weighted by Gasteiger charge is 2.30. The number of nitrogens with one attached hydrogen (secondary N) is 4. The number of rotatable bonds is 14. The maximum absolute atomic E-state index is 13.8. The van der Waals surface area contributed by atoms with Crippen LogP contribution in [0.2, 0.25) is 0 Å². The van der Waals surface area contributed by atoms with E-state index in [1.807, 2.05) is 42.5 Å². The van der Waals surface area contributed by atoms with Crippen LogP contribution in [0.5, 0.6) is 5.75 Å². The quantitative estimate of drug-likeness (QED) is 0.0973. The molecular formula is C38H40N4O6. The van der Waals surface area contributed by atoms with Crippen molar-refractivity contribution in [3.8, 4) is 5.75 Å². The summed E-state index contributed by atoms with van der Waals surface area (Å²) in [6.07, 6.45) is 1.05. The molecule has 0 aliphatic heterocycles. The van der Waals surface area contributed by atoms with Gasteiger partial charge >= 0.3 is 5.97 Å². The van der Waals surface area contributed by atoms with Gasteiger partial charge in [0.1, 0.15) is 17.5 Å². The first-order valence-corrected chi connectivity index (χ1v) is 15.4. The van der Waals surface area contributed by atoms with Gasteiger partial charge in [-0.1, -0.05) is 78.9 Å². The number of hydrogen-bond acceptors (Lipinski definition) is 6. The monoisotopic (exact) mass is 648 g/mol. The molecule has 0 saturated carbocycles. The van der Waals surface area contributed by atoms with E-state index in [1.165, 1.54) is 6.92 Å². The maximum Gasteiger partial charge on any atom is 0.313 e. The van der Waals surface area contributed by atoms with E-state index in [9.17, 15) is 24.3 Å². The van der Waals surface area contributed by atoms with Crippen LogP contribution in [-0.4, -0.2) is 48.2 Å². The first kappa shape index (κ1) is 35.1. The highest BCUT2D eigenvalue weighted by atomic mass is 16.5. The van der Waals surface area contributed by atoms with Gasteiger partial charge in [0, 0.05) is 19.2 Å². The van der Waals surface area contributed by atoms with Crippen LogP contribution >= 0.6 is 0 Å². The zero-order valence-corrected chi connectivity index (χ0v) is 27.4. The van der Waals surface area contributed by atoms with Gasteiger partial charge in [0.15, 0.2) is 0 Å². The van der Waals surface area contributed by atoms with Gasteiger partial charge in [0.05, 0.1) is 18.9 Å². The summed E-state index contributed by atoms with van der Waals surface area (Å²) in [5.41, 5.74) is 1.81. The number of hydrogen-bond donors (Lipinski definition) is 5. The number of carbonyl (C=O) groups is 4. The number of amides is 3. The maximum atomic E-state index is 13.8. The van der Waals surface area contributed by atoms with Gasteiger partial charge in [-0.15, -0.1) is 0 Å². The number of ether oxygens (including phenoxy) is 1. The van der Waals surface area contributed by atoms with Crippen LogP contribution in [0, 0.1) is 5.41 Å². The van der Waals surface area contributed by atoms with Crippen molar-refractivity contribution in [1.29, 1.82) is 5.41 Å². The number of allylic oxidation sites excluding steroid dienone is 1. The van der Waals surface area contributed by atoms with E-state index in [-0.39, 0.29) is 30.7 Å². The van der Waals surface area contributed by atoms with E-state index in [1.54, 1.807) is 69.5 Å². The van der Waals surface area contributed by atoms with E-state index >= 15 is 0 Å². The first-order chi connectivity index (χ1) is 22.9. The summed E-state index contributed by atoms with van der Waals surface area (Å²) in [5, 5.41) is 27.7. The predicted octanol–water partition coefficient (Wildman–Crippen LogP) is 4.84. The molecule has 48 heavy (non-hydrogen) atoms. The fourth-order valence-corrected chi connectivity index (χ4v) is 5.04.